The number of nitrogens with one attached hydrogen (secondary N) is 1. The van der Waals surface area contributed by atoms with E-state index >= 15 is 0 Å². The molecule has 0 saturated carbocycles. The number of aliphatic hydroxyl groups excluding tert-OH is 7. The van der Waals surface area contributed by atoms with Gasteiger partial charge in [0.15, 0.2) is 6.29 Å². The minimum absolute atomic E-state index is 0.260. The summed E-state index contributed by atoms with van der Waals surface area (Å²) in [5.74, 6) is -0.707. The number of rotatable bonds is 46. The topological polar surface area (TPSA) is 189 Å². The second-order valence-electron chi connectivity index (χ2n) is 19.3. The number of hydrogen-bond donors (Lipinski definition) is 8. The Morgan fingerprint density at radius 2 is 0.954 bits per heavy atom. The quantitative estimate of drug-likeness (QED) is 0.0216. The van der Waals surface area contributed by atoms with E-state index in [1.54, 1.807) is 0 Å². The van der Waals surface area contributed by atoms with E-state index in [0.29, 0.717) is 12.8 Å². The molecule has 9 atom stereocenters. The van der Waals surface area contributed by atoms with Gasteiger partial charge in [0, 0.05) is 0 Å². The minimum Gasteiger partial charge on any atom is -0.394 e. The lowest BCUT2D eigenvalue weighted by Gasteiger charge is -2.40. The number of amides is 1. The number of carbonyl (C=O) groups excluding carboxylic acids is 1. The normalized spacial score (nSPS) is 21.0. The molecular weight excluding hydrogens is 823 g/mol. The van der Waals surface area contributed by atoms with Gasteiger partial charge in [0.1, 0.15) is 36.6 Å². The maximum atomic E-state index is 12.9. The van der Waals surface area contributed by atoms with Crippen molar-refractivity contribution in [2.24, 2.45) is 0 Å². The Balaban J connectivity index is 1.99. The van der Waals surface area contributed by atoms with Crippen LogP contribution in [-0.2, 0) is 14.3 Å². The molecule has 8 N–H and O–H groups in total. The Labute approximate surface area is 397 Å². The summed E-state index contributed by atoms with van der Waals surface area (Å²) >= 11 is 0. The number of allylic oxidation sites excluding steroid dienone is 4. The van der Waals surface area contributed by atoms with Gasteiger partial charge >= 0.3 is 0 Å². The molecule has 0 radical (unpaired) electrons. The van der Waals surface area contributed by atoms with Crippen LogP contribution in [0.3, 0.4) is 0 Å². The average Bonchev–Trinajstić information content (AvgIpc) is 3.31. The first-order valence-corrected chi connectivity index (χ1v) is 27.2. The number of ether oxygens (including phenoxy) is 2. The smallest absolute Gasteiger partial charge is 0.249 e. The Hall–Kier alpha value is -1.41. The summed E-state index contributed by atoms with van der Waals surface area (Å²) in [6.07, 6.45) is 41.5. The minimum atomic E-state index is -1.66. The van der Waals surface area contributed by atoms with Crippen molar-refractivity contribution in [1.82, 2.24) is 5.32 Å². The monoisotopic (exact) mass is 926 g/mol. The van der Waals surface area contributed by atoms with Crippen LogP contribution in [0, 0.1) is 0 Å². The maximum Gasteiger partial charge on any atom is 0.249 e. The van der Waals surface area contributed by atoms with E-state index in [4.69, 9.17) is 9.47 Å². The van der Waals surface area contributed by atoms with Crippen LogP contribution >= 0.6 is 0 Å². The molecule has 0 aliphatic carbocycles. The maximum absolute atomic E-state index is 12.9. The van der Waals surface area contributed by atoms with Crippen molar-refractivity contribution >= 4 is 5.91 Å². The largest absolute Gasteiger partial charge is 0.394 e. The molecule has 1 saturated heterocycles. The van der Waals surface area contributed by atoms with Gasteiger partial charge in [-0.3, -0.25) is 4.79 Å². The number of hydrogen-bond acceptors (Lipinski definition) is 10. The van der Waals surface area contributed by atoms with Crippen LogP contribution in [0.4, 0.5) is 0 Å². The molecule has 0 spiro atoms. The van der Waals surface area contributed by atoms with Crippen molar-refractivity contribution in [1.29, 1.82) is 0 Å². The van der Waals surface area contributed by atoms with Gasteiger partial charge in [0.25, 0.3) is 0 Å². The van der Waals surface area contributed by atoms with Crippen LogP contribution in [0.5, 0.6) is 0 Å². The Kier molecular flexibility index (Phi) is 41.6. The van der Waals surface area contributed by atoms with Gasteiger partial charge in [-0.05, 0) is 44.9 Å². The molecule has 0 aromatic heterocycles. The van der Waals surface area contributed by atoms with E-state index in [-0.39, 0.29) is 12.8 Å². The van der Waals surface area contributed by atoms with E-state index in [1.807, 2.05) is 6.92 Å². The van der Waals surface area contributed by atoms with Gasteiger partial charge in [-0.1, -0.05) is 224 Å². The second-order valence-corrected chi connectivity index (χ2v) is 19.3. The SMILES string of the molecule is CCCCCCCCCCCCCCC/C=C\C/C=C\CCCCCCCCCCCCCCCCCCC(O)C(=O)NC(COC1OC(CO)C(O)C(O)C1O)C(O)C(O)CCCC. The van der Waals surface area contributed by atoms with Gasteiger partial charge in [0.05, 0.1) is 25.4 Å². The van der Waals surface area contributed by atoms with Crippen LogP contribution in [-0.4, -0.2) is 110 Å². The van der Waals surface area contributed by atoms with Crippen molar-refractivity contribution < 1.29 is 50.0 Å². The first-order chi connectivity index (χ1) is 31.7. The molecule has 11 nitrogen and oxygen atoms in total. The van der Waals surface area contributed by atoms with Gasteiger partial charge in [-0.15, -0.1) is 0 Å². The van der Waals surface area contributed by atoms with Crippen molar-refractivity contribution in [3.63, 3.8) is 0 Å². The fourth-order valence-corrected chi connectivity index (χ4v) is 8.75. The highest BCUT2D eigenvalue weighted by molar-refractivity contribution is 5.80. The van der Waals surface area contributed by atoms with Crippen LogP contribution in [0.15, 0.2) is 24.3 Å². The standard InChI is InChI=1S/C54H103NO10/c1-3-5-7-8-9-10-11-12-13-14-15-16-17-18-19-20-21-22-23-24-25-26-27-28-29-30-31-32-33-34-35-36-37-38-39-40-42-47(58)53(63)55-45(49(59)46(57)41-6-4-2)44-64-54-52(62)51(61)50(60)48(43-56)65-54/h19-20,22-23,45-52,54,56-62H,3-18,21,24-44H2,1-2H3,(H,55,63)/b20-19-,23-22-. The molecule has 1 fully saturated rings. The highest BCUT2D eigenvalue weighted by Gasteiger charge is 2.44. The van der Waals surface area contributed by atoms with Crippen molar-refractivity contribution in [2.45, 2.75) is 300 Å². The first-order valence-electron chi connectivity index (χ1n) is 27.2. The summed E-state index contributed by atoms with van der Waals surface area (Å²) in [5.41, 5.74) is 0. The van der Waals surface area contributed by atoms with Crippen LogP contribution in [0.2, 0.25) is 0 Å². The third-order valence-electron chi connectivity index (χ3n) is 13.3. The molecule has 1 aliphatic heterocycles. The van der Waals surface area contributed by atoms with Gasteiger partial charge < -0.3 is 50.5 Å². The Bertz CT molecular complexity index is 1110. The molecule has 0 aromatic rings. The van der Waals surface area contributed by atoms with Crippen LogP contribution in [0.1, 0.15) is 245 Å². The molecular formula is C54H103NO10. The number of aliphatic hydroxyl groups is 7. The first kappa shape index (κ1) is 61.6. The van der Waals surface area contributed by atoms with Crippen LogP contribution < -0.4 is 5.32 Å². The van der Waals surface area contributed by atoms with Crippen molar-refractivity contribution in [3.8, 4) is 0 Å². The molecule has 0 bridgehead atoms. The van der Waals surface area contributed by atoms with Gasteiger partial charge in [-0.25, -0.2) is 0 Å². The molecule has 1 amide bonds. The molecule has 9 unspecified atom stereocenters. The highest BCUT2D eigenvalue weighted by Crippen LogP contribution is 2.23. The lowest BCUT2D eigenvalue weighted by Crippen LogP contribution is -2.60. The Morgan fingerprint density at radius 1 is 0.538 bits per heavy atom. The fraction of sp³-hybridized carbons (Fsp3) is 0.907. The fourth-order valence-electron chi connectivity index (χ4n) is 8.75. The summed E-state index contributed by atoms with van der Waals surface area (Å²) in [6, 6.07) is -1.16. The molecule has 0 aromatic carbocycles. The lowest BCUT2D eigenvalue weighted by atomic mass is 9.99. The summed E-state index contributed by atoms with van der Waals surface area (Å²) in [6.45, 7) is 3.18. The number of carbonyl (C=O) groups is 1. The number of unbranched alkanes of at least 4 members (excludes halogenated alkanes) is 30. The second kappa shape index (κ2) is 43.8. The summed E-state index contributed by atoms with van der Waals surface area (Å²) in [7, 11) is 0. The molecule has 1 heterocycles. The zero-order valence-corrected chi connectivity index (χ0v) is 41.7. The summed E-state index contributed by atoms with van der Waals surface area (Å²) < 4.78 is 10.9. The van der Waals surface area contributed by atoms with Crippen LogP contribution in [0.25, 0.3) is 0 Å². The van der Waals surface area contributed by atoms with E-state index in [2.05, 4.69) is 36.5 Å². The summed E-state index contributed by atoms with van der Waals surface area (Å²) in [4.78, 5) is 12.9. The van der Waals surface area contributed by atoms with Gasteiger partial charge in [-0.2, -0.15) is 0 Å². The van der Waals surface area contributed by atoms with Gasteiger partial charge in [0.2, 0.25) is 5.91 Å². The lowest BCUT2D eigenvalue weighted by molar-refractivity contribution is -0.303. The average molecular weight is 926 g/mol. The zero-order chi connectivity index (χ0) is 47.6. The third-order valence-corrected chi connectivity index (χ3v) is 13.3. The summed E-state index contributed by atoms with van der Waals surface area (Å²) in [5, 5.41) is 74.5. The van der Waals surface area contributed by atoms with E-state index in [1.165, 1.54) is 173 Å². The third kappa shape index (κ3) is 32.9. The van der Waals surface area contributed by atoms with E-state index in [0.717, 1.165) is 32.1 Å². The predicted octanol–water partition coefficient (Wildman–Crippen LogP) is 10.6. The zero-order valence-electron chi connectivity index (χ0n) is 41.7. The molecule has 1 rings (SSSR count). The van der Waals surface area contributed by atoms with Crippen molar-refractivity contribution in [3.05, 3.63) is 24.3 Å². The van der Waals surface area contributed by atoms with E-state index < -0.39 is 74.2 Å². The Morgan fingerprint density at radius 3 is 1.38 bits per heavy atom. The highest BCUT2D eigenvalue weighted by atomic mass is 16.7. The predicted molar refractivity (Wildman–Crippen MR) is 266 cm³/mol. The molecule has 11 heteroatoms. The van der Waals surface area contributed by atoms with Crippen molar-refractivity contribution in [2.75, 3.05) is 13.2 Å². The van der Waals surface area contributed by atoms with E-state index in [9.17, 15) is 40.5 Å². The molecule has 65 heavy (non-hydrogen) atoms. The molecule has 1 aliphatic rings. The molecule has 384 valence electrons.